The number of hydrogen-bond donors (Lipinski definition) is 2. The molecule has 1 amide bonds. The van der Waals surface area contributed by atoms with Crippen molar-refractivity contribution in [3.05, 3.63) is 21.4 Å². The molecule has 0 spiro atoms. The predicted octanol–water partition coefficient (Wildman–Crippen LogP) is 3.15. The summed E-state index contributed by atoms with van der Waals surface area (Å²) in [6.45, 7) is 6.50. The molecule has 0 saturated carbocycles. The van der Waals surface area contributed by atoms with Crippen LogP contribution in [0.15, 0.2) is 5.38 Å². The van der Waals surface area contributed by atoms with Crippen LogP contribution < -0.4 is 5.32 Å². The van der Waals surface area contributed by atoms with Crippen molar-refractivity contribution >= 4 is 17.2 Å². The van der Waals surface area contributed by atoms with Gasteiger partial charge in [0, 0.05) is 16.8 Å². The van der Waals surface area contributed by atoms with Crippen LogP contribution in [0, 0.1) is 5.92 Å². The summed E-state index contributed by atoms with van der Waals surface area (Å²) in [4.78, 5) is 13.7. The van der Waals surface area contributed by atoms with Crippen LogP contribution in [-0.2, 0) is 12.8 Å². The van der Waals surface area contributed by atoms with Gasteiger partial charge in [0.15, 0.2) is 0 Å². The van der Waals surface area contributed by atoms with E-state index < -0.39 is 5.60 Å². The van der Waals surface area contributed by atoms with Crippen LogP contribution in [0.25, 0.3) is 0 Å². The lowest BCUT2D eigenvalue weighted by Gasteiger charge is -2.25. The third kappa shape index (κ3) is 3.23. The van der Waals surface area contributed by atoms with Gasteiger partial charge in [-0.3, -0.25) is 4.79 Å². The van der Waals surface area contributed by atoms with Crippen molar-refractivity contribution in [3.8, 4) is 0 Å². The third-order valence-electron chi connectivity index (χ3n) is 4.54. The van der Waals surface area contributed by atoms with Crippen LogP contribution >= 0.6 is 11.3 Å². The van der Waals surface area contributed by atoms with Crippen molar-refractivity contribution in [1.82, 2.24) is 5.32 Å². The van der Waals surface area contributed by atoms with E-state index in [1.807, 2.05) is 19.2 Å². The van der Waals surface area contributed by atoms with E-state index in [9.17, 15) is 9.90 Å². The molecule has 2 N–H and O–H groups in total. The molecule has 1 aromatic rings. The fraction of sp³-hybridized carbons (Fsp3) is 0.688. The molecule has 1 atom stereocenters. The number of rotatable bonds is 5. The van der Waals surface area contributed by atoms with Gasteiger partial charge in [-0.25, -0.2) is 0 Å². The predicted molar refractivity (Wildman–Crippen MR) is 83.4 cm³/mol. The standard InChI is InChI=1S/C16H25NO2S/c1-4-16(19,5-2)10-17-15(18)13-9-20-14-8-11(3)6-7-12(13)14/h9,11,19H,4-8,10H2,1-3H3,(H,17,18). The fourth-order valence-corrected chi connectivity index (χ4v) is 3.95. The lowest BCUT2D eigenvalue weighted by molar-refractivity contribution is 0.0314. The second-order valence-electron chi connectivity index (χ2n) is 6.01. The molecule has 0 bridgehead atoms. The molecule has 20 heavy (non-hydrogen) atoms. The minimum Gasteiger partial charge on any atom is -0.388 e. The van der Waals surface area contributed by atoms with Crippen LogP contribution in [0.1, 0.15) is 60.8 Å². The molecule has 1 aliphatic rings. The van der Waals surface area contributed by atoms with E-state index in [2.05, 4.69) is 12.2 Å². The van der Waals surface area contributed by atoms with Gasteiger partial charge < -0.3 is 10.4 Å². The van der Waals surface area contributed by atoms with Gasteiger partial charge in [0.05, 0.1) is 11.2 Å². The Hall–Kier alpha value is -0.870. The van der Waals surface area contributed by atoms with E-state index in [1.165, 1.54) is 10.4 Å². The van der Waals surface area contributed by atoms with Gasteiger partial charge in [0.1, 0.15) is 0 Å². The van der Waals surface area contributed by atoms with Gasteiger partial charge in [-0.2, -0.15) is 0 Å². The molecule has 0 saturated heterocycles. The number of fused-ring (bicyclic) bond motifs is 1. The molecule has 4 heteroatoms. The molecule has 0 aliphatic heterocycles. The Balaban J connectivity index is 2.04. The summed E-state index contributed by atoms with van der Waals surface area (Å²) in [5.74, 6) is 0.694. The molecule has 2 rings (SSSR count). The molecule has 0 fully saturated rings. The van der Waals surface area contributed by atoms with E-state index in [0.29, 0.717) is 19.4 Å². The minimum absolute atomic E-state index is 0.0302. The lowest BCUT2D eigenvalue weighted by atomic mass is 9.88. The lowest BCUT2D eigenvalue weighted by Crippen LogP contribution is -2.42. The van der Waals surface area contributed by atoms with Crippen LogP contribution in [0.3, 0.4) is 0 Å². The highest BCUT2D eigenvalue weighted by molar-refractivity contribution is 7.10. The molecular formula is C16H25NO2S. The maximum Gasteiger partial charge on any atom is 0.252 e. The van der Waals surface area contributed by atoms with E-state index in [1.54, 1.807) is 11.3 Å². The highest BCUT2D eigenvalue weighted by atomic mass is 32.1. The van der Waals surface area contributed by atoms with Gasteiger partial charge in [-0.05, 0) is 43.6 Å². The summed E-state index contributed by atoms with van der Waals surface area (Å²) in [7, 11) is 0. The molecule has 1 aromatic heterocycles. The number of aliphatic hydroxyl groups is 1. The first-order valence-electron chi connectivity index (χ1n) is 7.59. The van der Waals surface area contributed by atoms with Crippen LogP contribution in [-0.4, -0.2) is 23.2 Å². The zero-order valence-corrected chi connectivity index (χ0v) is 13.5. The molecule has 0 radical (unpaired) electrons. The summed E-state index contributed by atoms with van der Waals surface area (Å²) in [6.07, 6.45) is 4.58. The molecule has 1 aliphatic carbocycles. The summed E-state index contributed by atoms with van der Waals surface area (Å²) in [5, 5.41) is 15.1. The van der Waals surface area contributed by atoms with Crippen molar-refractivity contribution in [2.75, 3.05) is 6.54 Å². The number of carbonyl (C=O) groups is 1. The zero-order valence-electron chi connectivity index (χ0n) is 12.7. The summed E-state index contributed by atoms with van der Waals surface area (Å²) < 4.78 is 0. The monoisotopic (exact) mass is 295 g/mol. The van der Waals surface area contributed by atoms with Crippen molar-refractivity contribution in [2.45, 2.75) is 58.5 Å². The molecule has 3 nitrogen and oxygen atoms in total. The second-order valence-corrected chi connectivity index (χ2v) is 6.98. The summed E-state index contributed by atoms with van der Waals surface area (Å²) in [6, 6.07) is 0. The Morgan fingerprint density at radius 2 is 2.20 bits per heavy atom. The Morgan fingerprint density at radius 3 is 2.85 bits per heavy atom. The van der Waals surface area contributed by atoms with Crippen LogP contribution in [0.4, 0.5) is 0 Å². The number of carbonyl (C=O) groups excluding carboxylic acids is 1. The van der Waals surface area contributed by atoms with Crippen LogP contribution in [0.2, 0.25) is 0 Å². The fourth-order valence-electron chi connectivity index (χ4n) is 2.71. The smallest absolute Gasteiger partial charge is 0.252 e. The summed E-state index contributed by atoms with van der Waals surface area (Å²) >= 11 is 1.71. The van der Waals surface area contributed by atoms with Crippen molar-refractivity contribution < 1.29 is 9.90 Å². The highest BCUT2D eigenvalue weighted by Gasteiger charge is 2.26. The van der Waals surface area contributed by atoms with E-state index >= 15 is 0 Å². The van der Waals surface area contributed by atoms with Crippen LogP contribution in [0.5, 0.6) is 0 Å². The summed E-state index contributed by atoms with van der Waals surface area (Å²) in [5.41, 5.74) is 1.29. The minimum atomic E-state index is -0.778. The molecule has 0 aromatic carbocycles. The third-order valence-corrected chi connectivity index (χ3v) is 5.59. The van der Waals surface area contributed by atoms with Gasteiger partial charge in [-0.15, -0.1) is 11.3 Å². The average Bonchev–Trinajstić information content (AvgIpc) is 2.87. The van der Waals surface area contributed by atoms with Crippen molar-refractivity contribution in [3.63, 3.8) is 0 Å². The molecular weight excluding hydrogens is 270 g/mol. The number of thiophene rings is 1. The number of nitrogens with one attached hydrogen (secondary N) is 1. The van der Waals surface area contributed by atoms with E-state index in [0.717, 1.165) is 30.7 Å². The van der Waals surface area contributed by atoms with Gasteiger partial charge >= 0.3 is 0 Å². The highest BCUT2D eigenvalue weighted by Crippen LogP contribution is 2.32. The van der Waals surface area contributed by atoms with Gasteiger partial charge in [0.25, 0.3) is 5.91 Å². The zero-order chi connectivity index (χ0) is 14.8. The Kier molecular flexibility index (Phi) is 4.86. The Morgan fingerprint density at radius 1 is 1.50 bits per heavy atom. The SMILES string of the molecule is CCC(O)(CC)CNC(=O)c1csc2c1CCC(C)C2. The topological polar surface area (TPSA) is 49.3 Å². The first-order valence-corrected chi connectivity index (χ1v) is 8.47. The van der Waals surface area contributed by atoms with Crippen molar-refractivity contribution in [2.24, 2.45) is 5.92 Å². The van der Waals surface area contributed by atoms with E-state index in [-0.39, 0.29) is 5.91 Å². The maximum atomic E-state index is 12.3. The first-order chi connectivity index (χ1) is 9.49. The molecule has 112 valence electrons. The normalized spacial score (nSPS) is 18.7. The van der Waals surface area contributed by atoms with Gasteiger partial charge in [0.2, 0.25) is 0 Å². The Labute approximate surface area is 125 Å². The number of amides is 1. The molecule has 1 heterocycles. The van der Waals surface area contributed by atoms with Crippen molar-refractivity contribution in [1.29, 1.82) is 0 Å². The number of hydrogen-bond acceptors (Lipinski definition) is 3. The first kappa shape index (κ1) is 15.5. The Bertz CT molecular complexity index is 477. The largest absolute Gasteiger partial charge is 0.388 e. The molecule has 1 unspecified atom stereocenters. The average molecular weight is 295 g/mol. The van der Waals surface area contributed by atoms with E-state index in [4.69, 9.17) is 0 Å². The maximum absolute atomic E-state index is 12.3. The second kappa shape index (κ2) is 6.27. The quantitative estimate of drug-likeness (QED) is 0.876. The van der Waals surface area contributed by atoms with Gasteiger partial charge in [-0.1, -0.05) is 20.8 Å².